The Balaban J connectivity index is 1.81. The summed E-state index contributed by atoms with van der Waals surface area (Å²) >= 11 is 0. The van der Waals surface area contributed by atoms with Crippen molar-refractivity contribution in [1.82, 2.24) is 9.66 Å². The van der Waals surface area contributed by atoms with Crippen LogP contribution in [0.2, 0.25) is 0 Å². The van der Waals surface area contributed by atoms with Crippen LogP contribution in [-0.2, 0) is 0 Å². The Kier molecular flexibility index (Phi) is 3.51. The minimum absolute atomic E-state index is 0.00580. The fraction of sp³-hybridized carbons (Fsp3) is 0. The summed E-state index contributed by atoms with van der Waals surface area (Å²) in [5, 5.41) is 23.6. The number of furan rings is 1. The van der Waals surface area contributed by atoms with Crippen molar-refractivity contribution in [3.8, 4) is 17.2 Å². The zero-order valence-electron chi connectivity index (χ0n) is 11.5. The summed E-state index contributed by atoms with van der Waals surface area (Å²) < 4.78 is 6.45. The highest BCUT2D eigenvalue weighted by Gasteiger charge is 2.08. The molecule has 0 radical (unpaired) electrons. The van der Waals surface area contributed by atoms with Crippen molar-refractivity contribution in [1.29, 1.82) is 0 Å². The minimum Gasteiger partial charge on any atom is -0.493 e. The van der Waals surface area contributed by atoms with Gasteiger partial charge in [-0.05, 0) is 24.3 Å². The van der Waals surface area contributed by atoms with Crippen molar-refractivity contribution in [2.45, 2.75) is 0 Å². The second-order valence-electron chi connectivity index (χ2n) is 4.54. The van der Waals surface area contributed by atoms with Crippen LogP contribution in [0, 0.1) is 10.1 Å². The van der Waals surface area contributed by atoms with Crippen LogP contribution in [0.4, 0.5) is 5.69 Å². The van der Waals surface area contributed by atoms with E-state index in [0.717, 1.165) is 10.9 Å². The molecule has 2 heterocycles. The van der Waals surface area contributed by atoms with Crippen molar-refractivity contribution in [2.75, 3.05) is 0 Å². The first-order chi connectivity index (χ1) is 11.0. The number of hydrogen-bond donors (Lipinski definition) is 2. The molecule has 2 N–H and O–H groups in total. The zero-order chi connectivity index (χ0) is 16.4. The number of non-ortho nitro benzene ring substituents is 1. The van der Waals surface area contributed by atoms with E-state index >= 15 is 0 Å². The van der Waals surface area contributed by atoms with Gasteiger partial charge in [-0.1, -0.05) is 0 Å². The van der Waals surface area contributed by atoms with E-state index in [1.807, 2.05) is 0 Å². The number of nitrogens with one attached hydrogen (secondary N) is 1. The largest absolute Gasteiger partial charge is 0.493 e. The number of aromatic hydroxyl groups is 1. The molecule has 0 fully saturated rings. The first kappa shape index (κ1) is 14.3. The molecule has 0 bridgehead atoms. The fourth-order valence-corrected chi connectivity index (χ4v) is 1.90. The highest BCUT2D eigenvalue weighted by molar-refractivity contribution is 5.77. The molecule has 0 aliphatic rings. The third-order valence-corrected chi connectivity index (χ3v) is 2.99. The number of H-pyrrole nitrogens is 1. The van der Waals surface area contributed by atoms with Crippen molar-refractivity contribution in [2.24, 2.45) is 5.10 Å². The van der Waals surface area contributed by atoms with Gasteiger partial charge < -0.3 is 9.52 Å². The molecule has 116 valence electrons. The van der Waals surface area contributed by atoms with Crippen LogP contribution in [0.5, 0.6) is 5.88 Å². The lowest BCUT2D eigenvalue weighted by Crippen LogP contribution is -2.11. The van der Waals surface area contributed by atoms with Crippen LogP contribution < -0.4 is 5.69 Å². The van der Waals surface area contributed by atoms with Crippen molar-refractivity contribution >= 4 is 11.9 Å². The average molecular weight is 314 g/mol. The molecule has 2 aromatic heterocycles. The molecule has 0 aliphatic carbocycles. The standard InChI is InChI=1S/C14H10N4O5/c19-13-8-17(14(20)16-13)15-7-11-5-6-12(23-11)9-1-3-10(4-2-9)18(21)22/h1-8,19H,(H,16,20)/b15-7+. The summed E-state index contributed by atoms with van der Waals surface area (Å²) in [5.74, 6) is 0.592. The van der Waals surface area contributed by atoms with Gasteiger partial charge in [0, 0.05) is 17.7 Å². The van der Waals surface area contributed by atoms with Crippen molar-refractivity contribution < 1.29 is 14.4 Å². The highest BCUT2D eigenvalue weighted by Crippen LogP contribution is 2.24. The highest BCUT2D eigenvalue weighted by atomic mass is 16.6. The number of aromatic amines is 1. The van der Waals surface area contributed by atoms with E-state index in [4.69, 9.17) is 9.52 Å². The Morgan fingerprint density at radius 3 is 2.61 bits per heavy atom. The van der Waals surface area contributed by atoms with Crippen LogP contribution >= 0.6 is 0 Å². The number of hydrogen-bond acceptors (Lipinski definition) is 6. The molecule has 9 nitrogen and oxygen atoms in total. The van der Waals surface area contributed by atoms with E-state index in [1.54, 1.807) is 24.3 Å². The molecule has 3 rings (SSSR count). The molecule has 9 heteroatoms. The summed E-state index contributed by atoms with van der Waals surface area (Å²) in [5.41, 5.74) is 0.0846. The van der Waals surface area contributed by atoms with E-state index in [-0.39, 0.29) is 11.6 Å². The number of benzene rings is 1. The van der Waals surface area contributed by atoms with Crippen LogP contribution in [0.15, 0.2) is 56.9 Å². The maximum absolute atomic E-state index is 11.3. The van der Waals surface area contributed by atoms with E-state index in [0.29, 0.717) is 17.1 Å². The summed E-state index contributed by atoms with van der Waals surface area (Å²) in [4.78, 5) is 23.6. The number of nitro benzene ring substituents is 1. The first-order valence-electron chi connectivity index (χ1n) is 6.42. The summed E-state index contributed by atoms with van der Waals surface area (Å²) in [7, 11) is 0. The normalized spacial score (nSPS) is 11.1. The number of nitrogens with zero attached hydrogens (tertiary/aromatic N) is 3. The molecule has 0 unspecified atom stereocenters. The van der Waals surface area contributed by atoms with Gasteiger partial charge >= 0.3 is 5.69 Å². The number of aromatic nitrogens is 2. The van der Waals surface area contributed by atoms with Crippen LogP contribution in [0.1, 0.15) is 5.76 Å². The van der Waals surface area contributed by atoms with Gasteiger partial charge in [-0.3, -0.25) is 15.1 Å². The Labute approximate surface area is 128 Å². The predicted octanol–water partition coefficient (Wildman–Crippen LogP) is 1.93. The molecule has 0 spiro atoms. The maximum Gasteiger partial charge on any atom is 0.349 e. The molecule has 0 atom stereocenters. The Morgan fingerprint density at radius 2 is 2.00 bits per heavy atom. The van der Waals surface area contributed by atoms with E-state index in [2.05, 4.69) is 10.1 Å². The average Bonchev–Trinajstić information content (AvgIpc) is 3.11. The molecule has 1 aromatic carbocycles. The van der Waals surface area contributed by atoms with Gasteiger partial charge in [0.15, 0.2) is 0 Å². The summed E-state index contributed by atoms with van der Waals surface area (Å²) in [6, 6.07) is 9.23. The Morgan fingerprint density at radius 1 is 1.26 bits per heavy atom. The lowest BCUT2D eigenvalue weighted by Gasteiger charge is -1.96. The molecular formula is C14H10N4O5. The second kappa shape index (κ2) is 5.64. The van der Waals surface area contributed by atoms with Crippen LogP contribution in [-0.4, -0.2) is 25.9 Å². The van der Waals surface area contributed by atoms with Crippen molar-refractivity contribution in [3.05, 3.63) is 69.0 Å². The van der Waals surface area contributed by atoms with Crippen molar-refractivity contribution in [3.63, 3.8) is 0 Å². The number of imidazole rings is 1. The van der Waals surface area contributed by atoms with E-state index in [9.17, 15) is 14.9 Å². The number of rotatable bonds is 4. The summed E-state index contributed by atoms with van der Waals surface area (Å²) in [6.07, 6.45) is 2.43. The van der Waals surface area contributed by atoms with Gasteiger partial charge in [-0.25, -0.2) is 4.79 Å². The first-order valence-corrected chi connectivity index (χ1v) is 6.42. The Bertz CT molecular complexity index is 933. The molecular weight excluding hydrogens is 304 g/mol. The third kappa shape index (κ3) is 3.02. The molecule has 3 aromatic rings. The number of nitro groups is 1. The van der Waals surface area contributed by atoms with Crippen LogP contribution in [0.3, 0.4) is 0 Å². The van der Waals surface area contributed by atoms with Gasteiger partial charge in [-0.15, -0.1) is 0 Å². The van der Waals surface area contributed by atoms with Gasteiger partial charge in [0.2, 0.25) is 5.88 Å². The molecule has 0 saturated heterocycles. The molecule has 0 aliphatic heterocycles. The van der Waals surface area contributed by atoms with Crippen LogP contribution in [0.25, 0.3) is 11.3 Å². The van der Waals surface area contributed by atoms with Gasteiger partial charge in [-0.2, -0.15) is 9.78 Å². The van der Waals surface area contributed by atoms with E-state index in [1.165, 1.54) is 18.3 Å². The van der Waals surface area contributed by atoms with Gasteiger partial charge in [0.1, 0.15) is 11.5 Å². The Hall–Kier alpha value is -3.62. The lowest BCUT2D eigenvalue weighted by molar-refractivity contribution is -0.384. The molecule has 23 heavy (non-hydrogen) atoms. The maximum atomic E-state index is 11.3. The third-order valence-electron chi connectivity index (χ3n) is 2.99. The zero-order valence-corrected chi connectivity index (χ0v) is 11.5. The minimum atomic E-state index is -0.583. The quantitative estimate of drug-likeness (QED) is 0.432. The predicted molar refractivity (Wildman–Crippen MR) is 80.5 cm³/mol. The molecule has 0 amide bonds. The topological polar surface area (TPSA) is 127 Å². The molecule has 0 saturated carbocycles. The second-order valence-corrected chi connectivity index (χ2v) is 4.54. The smallest absolute Gasteiger partial charge is 0.349 e. The fourth-order valence-electron chi connectivity index (χ4n) is 1.90. The van der Waals surface area contributed by atoms with Gasteiger partial charge in [0.25, 0.3) is 5.69 Å². The lowest BCUT2D eigenvalue weighted by atomic mass is 10.1. The SMILES string of the molecule is O=c1[nH]c(O)cn1/N=C/c1ccc(-c2ccc([N+](=O)[O-])cc2)o1. The van der Waals surface area contributed by atoms with E-state index < -0.39 is 10.6 Å². The summed E-state index contributed by atoms with van der Waals surface area (Å²) in [6.45, 7) is 0. The monoisotopic (exact) mass is 314 g/mol. The van der Waals surface area contributed by atoms with Gasteiger partial charge in [0.05, 0.1) is 17.3 Å².